The summed E-state index contributed by atoms with van der Waals surface area (Å²) in [5.74, 6) is 4.51. The molecule has 0 atom stereocenters. The normalized spacial score (nSPS) is 13.9. The summed E-state index contributed by atoms with van der Waals surface area (Å²) in [6.45, 7) is 3.53. The van der Waals surface area contributed by atoms with Crippen molar-refractivity contribution >= 4 is 11.6 Å². The van der Waals surface area contributed by atoms with Crippen LogP contribution in [-0.2, 0) is 4.79 Å². The van der Waals surface area contributed by atoms with Gasteiger partial charge in [0.15, 0.2) is 0 Å². The highest BCUT2D eigenvalue weighted by atomic mass is 19.4. The van der Waals surface area contributed by atoms with Crippen LogP contribution in [0.5, 0.6) is 0 Å². The fourth-order valence-corrected chi connectivity index (χ4v) is 1.26. The zero-order valence-electron chi connectivity index (χ0n) is 12.3. The smallest absolute Gasteiger partial charge is 0.394 e. The molecule has 0 aliphatic rings. The molecule has 0 saturated carbocycles. The van der Waals surface area contributed by atoms with Gasteiger partial charge < -0.3 is 5.73 Å². The van der Waals surface area contributed by atoms with Crippen molar-refractivity contribution in [1.29, 1.82) is 5.41 Å². The van der Waals surface area contributed by atoms with Crippen LogP contribution in [0.1, 0.15) is 13.8 Å². The second kappa shape index (κ2) is 8.83. The van der Waals surface area contributed by atoms with Crippen LogP contribution in [0.25, 0.3) is 0 Å². The molecular weight excluding hydrogens is 297 g/mol. The number of nitrogens with zero attached hydrogens (tertiary/aromatic N) is 1. The first kappa shape index (κ1) is 19.7. The van der Waals surface area contributed by atoms with Crippen molar-refractivity contribution in [2.45, 2.75) is 20.0 Å². The van der Waals surface area contributed by atoms with E-state index >= 15 is 0 Å². The number of carbonyl (C=O) groups excluding carboxylic acids is 1. The summed E-state index contributed by atoms with van der Waals surface area (Å²) in [6, 6.07) is 0. The Morgan fingerprint density at radius 3 is 2.32 bits per heavy atom. The Kier molecular flexibility index (Phi) is 7.89. The maximum Gasteiger partial charge on any atom is 0.432 e. The van der Waals surface area contributed by atoms with Gasteiger partial charge in [-0.25, -0.2) is 5.84 Å². The lowest BCUT2D eigenvalue weighted by molar-refractivity contribution is -0.127. The van der Waals surface area contributed by atoms with Crippen molar-refractivity contribution < 1.29 is 18.0 Å². The molecule has 0 radical (unpaired) electrons. The number of carbonyl (C=O) groups is 1. The van der Waals surface area contributed by atoms with Gasteiger partial charge in [-0.15, -0.1) is 0 Å². The number of hydrogen-bond donors (Lipinski definition) is 3. The summed E-state index contributed by atoms with van der Waals surface area (Å²) in [5, 5.41) is 7.46. The van der Waals surface area contributed by atoms with E-state index in [9.17, 15) is 18.0 Å². The van der Waals surface area contributed by atoms with Gasteiger partial charge in [-0.1, -0.05) is 30.4 Å². The van der Waals surface area contributed by atoms with E-state index in [4.69, 9.17) is 17.0 Å². The van der Waals surface area contributed by atoms with Gasteiger partial charge in [0.25, 0.3) is 5.91 Å². The van der Waals surface area contributed by atoms with E-state index in [-0.39, 0.29) is 12.6 Å². The molecule has 0 aliphatic carbocycles. The first-order valence-electron chi connectivity index (χ1n) is 6.27. The van der Waals surface area contributed by atoms with Crippen molar-refractivity contribution in [3.05, 3.63) is 47.7 Å². The lowest BCUT2D eigenvalue weighted by Crippen LogP contribution is -2.41. The van der Waals surface area contributed by atoms with Crippen LogP contribution in [0.3, 0.4) is 0 Å². The van der Waals surface area contributed by atoms with Crippen molar-refractivity contribution in [2.24, 2.45) is 11.6 Å². The molecule has 122 valence electrons. The first-order chi connectivity index (χ1) is 10.1. The number of alkyl halides is 3. The Bertz CT molecular complexity index is 531. The lowest BCUT2D eigenvalue weighted by atomic mass is 10.2. The van der Waals surface area contributed by atoms with Crippen LogP contribution >= 0.6 is 0 Å². The largest absolute Gasteiger partial charge is 0.432 e. The molecule has 8 heteroatoms. The molecule has 0 unspecified atom stereocenters. The van der Waals surface area contributed by atoms with E-state index < -0.39 is 23.5 Å². The first-order valence-corrected chi connectivity index (χ1v) is 6.27. The van der Waals surface area contributed by atoms with Crippen LogP contribution in [0.2, 0.25) is 0 Å². The Labute approximate surface area is 126 Å². The molecule has 0 aromatic rings. The molecule has 5 nitrogen and oxygen atoms in total. The van der Waals surface area contributed by atoms with Crippen LogP contribution in [0.15, 0.2) is 47.7 Å². The molecule has 5 N–H and O–H groups in total. The predicted octanol–water partition coefficient (Wildman–Crippen LogP) is 2.19. The van der Waals surface area contributed by atoms with Gasteiger partial charge >= 0.3 is 6.18 Å². The van der Waals surface area contributed by atoms with Gasteiger partial charge in [0.05, 0.1) is 6.54 Å². The number of hydrogen-bond acceptors (Lipinski definition) is 4. The van der Waals surface area contributed by atoms with E-state index in [1.165, 1.54) is 0 Å². The second-order valence-corrected chi connectivity index (χ2v) is 4.19. The van der Waals surface area contributed by atoms with E-state index in [0.29, 0.717) is 10.6 Å². The highest BCUT2D eigenvalue weighted by Gasteiger charge is 2.33. The summed E-state index contributed by atoms with van der Waals surface area (Å²) in [5.41, 5.74) is 3.46. The Morgan fingerprint density at radius 1 is 1.27 bits per heavy atom. The average molecular weight is 316 g/mol. The van der Waals surface area contributed by atoms with E-state index in [1.54, 1.807) is 37.3 Å². The monoisotopic (exact) mass is 316 g/mol. The Balaban J connectivity index is 4.92. The van der Waals surface area contributed by atoms with Crippen LogP contribution in [0, 0.1) is 5.41 Å². The third-order valence-corrected chi connectivity index (χ3v) is 2.45. The number of rotatable bonds is 6. The van der Waals surface area contributed by atoms with Gasteiger partial charge in [-0.3, -0.25) is 15.2 Å². The van der Waals surface area contributed by atoms with Crippen molar-refractivity contribution in [3.8, 4) is 0 Å². The van der Waals surface area contributed by atoms with Crippen molar-refractivity contribution in [1.82, 2.24) is 5.01 Å². The fourth-order valence-electron chi connectivity index (χ4n) is 1.26. The van der Waals surface area contributed by atoms with Gasteiger partial charge in [0.2, 0.25) is 0 Å². The molecule has 0 heterocycles. The van der Waals surface area contributed by atoms with E-state index in [0.717, 1.165) is 0 Å². The second-order valence-electron chi connectivity index (χ2n) is 4.19. The van der Waals surface area contributed by atoms with Crippen LogP contribution in [-0.4, -0.2) is 29.3 Å². The number of nitrogens with two attached hydrogens (primary N) is 2. The number of nitrogens with one attached hydrogen (secondary N) is 1. The maximum absolute atomic E-state index is 12.2. The third kappa shape index (κ3) is 6.89. The summed E-state index contributed by atoms with van der Waals surface area (Å²) < 4.78 is 36.6. The van der Waals surface area contributed by atoms with Gasteiger partial charge in [-0.05, 0) is 25.5 Å². The lowest BCUT2D eigenvalue weighted by Gasteiger charge is -2.17. The summed E-state index contributed by atoms with van der Waals surface area (Å²) in [4.78, 5) is 11.8. The molecule has 0 rings (SSSR count). The molecule has 22 heavy (non-hydrogen) atoms. The molecule has 0 aromatic heterocycles. The third-order valence-electron chi connectivity index (χ3n) is 2.45. The van der Waals surface area contributed by atoms with Gasteiger partial charge in [0.1, 0.15) is 11.4 Å². The maximum atomic E-state index is 12.2. The number of hydrazine groups is 1. The number of halogens is 3. The van der Waals surface area contributed by atoms with Gasteiger partial charge in [-0.2, -0.15) is 13.2 Å². The minimum atomic E-state index is -4.87. The highest BCUT2D eigenvalue weighted by Crippen LogP contribution is 2.17. The Hall–Kier alpha value is -2.35. The SMILES string of the molecule is C\C=C/C=C\C(=C/C)CN(N)C(=O)/C(N)=C/C(=N)C(F)(F)F. The zero-order valence-corrected chi connectivity index (χ0v) is 12.3. The van der Waals surface area contributed by atoms with Crippen molar-refractivity contribution in [3.63, 3.8) is 0 Å². The number of allylic oxidation sites excluding steroid dienone is 5. The Morgan fingerprint density at radius 2 is 1.86 bits per heavy atom. The molecular formula is C14H19F3N4O. The summed E-state index contributed by atoms with van der Waals surface area (Å²) >= 11 is 0. The molecule has 1 amide bonds. The molecule has 0 fully saturated rings. The average Bonchev–Trinajstić information content (AvgIpc) is 2.44. The van der Waals surface area contributed by atoms with E-state index in [2.05, 4.69) is 0 Å². The predicted molar refractivity (Wildman–Crippen MR) is 79.7 cm³/mol. The minimum Gasteiger partial charge on any atom is -0.394 e. The highest BCUT2D eigenvalue weighted by molar-refractivity contribution is 6.04. The molecule has 0 aromatic carbocycles. The fraction of sp³-hybridized carbons (Fsp3) is 0.286. The topological polar surface area (TPSA) is 96.2 Å². The number of amides is 1. The molecule has 0 aliphatic heterocycles. The minimum absolute atomic E-state index is 0.0305. The zero-order chi connectivity index (χ0) is 17.3. The van der Waals surface area contributed by atoms with Gasteiger partial charge in [0, 0.05) is 0 Å². The molecule has 0 spiro atoms. The van der Waals surface area contributed by atoms with Crippen molar-refractivity contribution in [2.75, 3.05) is 6.54 Å². The van der Waals surface area contributed by atoms with E-state index in [1.807, 2.05) is 6.92 Å². The van der Waals surface area contributed by atoms with Crippen LogP contribution < -0.4 is 11.6 Å². The summed E-state index contributed by atoms with van der Waals surface area (Å²) in [6.07, 6.45) is 4.08. The quantitative estimate of drug-likeness (QED) is 0.175. The summed E-state index contributed by atoms with van der Waals surface area (Å²) in [7, 11) is 0. The standard InChI is InChI=1S/C14H19F3N4O/c1-3-5-6-7-10(4-2)9-21(20)13(22)11(18)8-12(19)14(15,16)17/h3-8,19H,9,18,20H2,1-2H3/b5-3-,7-6-,10-4+,11-8-,19-12?. The molecule has 0 bridgehead atoms. The van der Waals surface area contributed by atoms with Crippen LogP contribution in [0.4, 0.5) is 13.2 Å². The molecule has 0 saturated heterocycles.